The molecule has 0 aliphatic carbocycles. The number of hydrogen-bond donors (Lipinski definition) is 2. The lowest BCUT2D eigenvalue weighted by atomic mass is 10.0. The van der Waals surface area contributed by atoms with Crippen LogP contribution in [0.25, 0.3) is 0 Å². The lowest BCUT2D eigenvalue weighted by Crippen LogP contribution is -2.46. The molecule has 0 bridgehead atoms. The Hall–Kier alpha value is -1.54. The molecule has 3 rings (SSSR count). The molecule has 1 aromatic carbocycles. The summed E-state index contributed by atoms with van der Waals surface area (Å²) in [6.07, 6.45) is 0.413. The summed E-state index contributed by atoms with van der Waals surface area (Å²) in [7, 11) is -3.08. The number of nitrogens with one attached hydrogen (secondary N) is 2. The second-order valence-electron chi connectivity index (χ2n) is 6.32. The molecule has 2 aliphatic rings. The highest BCUT2D eigenvalue weighted by Gasteiger charge is 2.39. The van der Waals surface area contributed by atoms with Crippen molar-refractivity contribution in [3.05, 3.63) is 23.8 Å². The van der Waals surface area contributed by atoms with Gasteiger partial charge < -0.3 is 10.6 Å². The van der Waals surface area contributed by atoms with Crippen molar-refractivity contribution in [2.75, 3.05) is 16.8 Å². The minimum absolute atomic E-state index is 0.0409. The number of amides is 2. The van der Waals surface area contributed by atoms with Gasteiger partial charge in [-0.2, -0.15) is 0 Å². The molecule has 2 atom stereocenters. The average molecular weight is 354 g/mol. The van der Waals surface area contributed by atoms with Crippen molar-refractivity contribution in [1.82, 2.24) is 5.32 Å². The Kier molecular flexibility index (Phi) is 3.92. The third kappa shape index (κ3) is 3.37. The number of carbonyl (C=O) groups is 2. The maximum absolute atomic E-state index is 12.4. The van der Waals surface area contributed by atoms with Crippen LogP contribution in [0.15, 0.2) is 23.1 Å². The van der Waals surface area contributed by atoms with Crippen LogP contribution in [0.1, 0.15) is 30.6 Å². The quantitative estimate of drug-likeness (QED) is 0.838. The number of anilines is 1. The molecule has 2 amide bonds. The fourth-order valence-corrected chi connectivity index (χ4v) is 5.83. The number of thioether (sulfide) groups is 1. The summed E-state index contributed by atoms with van der Waals surface area (Å²) in [5, 5.41) is 5.44. The van der Waals surface area contributed by atoms with E-state index >= 15 is 0 Å². The van der Waals surface area contributed by atoms with Gasteiger partial charge in [-0.15, -0.1) is 11.8 Å². The second-order valence-corrected chi connectivity index (χ2v) is 9.88. The highest BCUT2D eigenvalue weighted by Crippen LogP contribution is 2.36. The fraction of sp³-hybridized carbons (Fsp3) is 0.467. The molecule has 0 aromatic heterocycles. The van der Waals surface area contributed by atoms with E-state index in [9.17, 15) is 18.0 Å². The van der Waals surface area contributed by atoms with Crippen LogP contribution in [0.2, 0.25) is 0 Å². The van der Waals surface area contributed by atoms with E-state index in [1.54, 1.807) is 25.1 Å². The smallest absolute Gasteiger partial charge is 0.251 e. The van der Waals surface area contributed by atoms with Crippen LogP contribution >= 0.6 is 11.8 Å². The van der Waals surface area contributed by atoms with Crippen molar-refractivity contribution >= 4 is 39.1 Å². The topological polar surface area (TPSA) is 92.3 Å². The highest BCUT2D eigenvalue weighted by atomic mass is 32.2. The van der Waals surface area contributed by atoms with Gasteiger partial charge in [0.1, 0.15) is 0 Å². The van der Waals surface area contributed by atoms with Crippen molar-refractivity contribution in [3.63, 3.8) is 0 Å². The first-order valence-corrected chi connectivity index (χ1v) is 10.0. The third-order valence-corrected chi connectivity index (χ3v) is 7.17. The van der Waals surface area contributed by atoms with E-state index in [0.717, 1.165) is 4.90 Å². The van der Waals surface area contributed by atoms with Gasteiger partial charge in [0.15, 0.2) is 9.84 Å². The summed E-state index contributed by atoms with van der Waals surface area (Å²) in [4.78, 5) is 25.1. The fourth-order valence-electron chi connectivity index (χ4n) is 2.81. The molecule has 1 fully saturated rings. The van der Waals surface area contributed by atoms with E-state index in [-0.39, 0.29) is 28.6 Å². The number of fused-ring (bicyclic) bond motifs is 1. The molecular weight excluding hydrogens is 336 g/mol. The molecule has 8 heteroatoms. The third-order valence-electron chi connectivity index (χ3n) is 4.09. The van der Waals surface area contributed by atoms with Crippen molar-refractivity contribution < 1.29 is 18.0 Å². The SMILES string of the molecule is C[C@H]1Sc2ccc(C(=O)N[C@]3(C)CCS(=O)(=O)C3)cc2NC1=O. The maximum atomic E-state index is 12.4. The van der Waals surface area contributed by atoms with Gasteiger partial charge in [0, 0.05) is 10.5 Å². The van der Waals surface area contributed by atoms with Crippen LogP contribution in [0.5, 0.6) is 0 Å². The van der Waals surface area contributed by atoms with Gasteiger partial charge >= 0.3 is 0 Å². The average Bonchev–Trinajstić information content (AvgIpc) is 2.73. The molecule has 0 saturated carbocycles. The standard InChI is InChI=1S/C15H18N2O4S2/c1-9-13(18)16-11-7-10(3-4-12(11)22-9)14(19)17-15(2)5-6-23(20,21)8-15/h3-4,7,9H,5-6,8H2,1-2H3,(H,16,18)(H,17,19)/t9-,15-/m1/s1. The molecule has 0 spiro atoms. The van der Waals surface area contributed by atoms with E-state index in [1.165, 1.54) is 11.8 Å². The van der Waals surface area contributed by atoms with Gasteiger partial charge in [-0.3, -0.25) is 9.59 Å². The molecule has 124 valence electrons. The number of benzene rings is 1. The molecule has 0 unspecified atom stereocenters. The van der Waals surface area contributed by atoms with E-state index in [0.29, 0.717) is 17.7 Å². The lowest BCUT2D eigenvalue weighted by Gasteiger charge is -2.25. The molecule has 0 radical (unpaired) electrons. The Morgan fingerprint density at radius 3 is 2.83 bits per heavy atom. The van der Waals surface area contributed by atoms with E-state index < -0.39 is 15.4 Å². The van der Waals surface area contributed by atoms with Crippen molar-refractivity contribution in [1.29, 1.82) is 0 Å². The molecule has 1 aromatic rings. The summed E-state index contributed by atoms with van der Waals surface area (Å²) in [6.45, 7) is 3.57. The zero-order valence-corrected chi connectivity index (χ0v) is 14.5. The molecule has 2 heterocycles. The Balaban J connectivity index is 1.79. The number of carbonyl (C=O) groups excluding carboxylic acids is 2. The largest absolute Gasteiger partial charge is 0.346 e. The molecule has 2 N–H and O–H groups in total. The van der Waals surface area contributed by atoms with Gasteiger partial charge in [-0.25, -0.2) is 8.42 Å². The lowest BCUT2D eigenvalue weighted by molar-refractivity contribution is -0.115. The van der Waals surface area contributed by atoms with Gasteiger partial charge in [-0.05, 0) is 38.5 Å². The van der Waals surface area contributed by atoms with E-state index in [2.05, 4.69) is 10.6 Å². The first-order chi connectivity index (χ1) is 10.7. The van der Waals surface area contributed by atoms with Gasteiger partial charge in [-0.1, -0.05) is 0 Å². The zero-order valence-electron chi connectivity index (χ0n) is 12.9. The highest BCUT2D eigenvalue weighted by molar-refractivity contribution is 8.01. The second kappa shape index (κ2) is 5.52. The molecule has 2 aliphatic heterocycles. The summed E-state index contributed by atoms with van der Waals surface area (Å²) in [6, 6.07) is 5.13. The number of rotatable bonds is 2. The molecule has 1 saturated heterocycles. The first kappa shape index (κ1) is 16.3. The van der Waals surface area contributed by atoms with Crippen molar-refractivity contribution in [2.24, 2.45) is 0 Å². The normalized spacial score (nSPS) is 28.8. The van der Waals surface area contributed by atoms with Gasteiger partial charge in [0.05, 0.1) is 28.0 Å². The predicted molar refractivity (Wildman–Crippen MR) is 89.5 cm³/mol. The Morgan fingerprint density at radius 2 is 2.17 bits per heavy atom. The first-order valence-electron chi connectivity index (χ1n) is 7.32. The van der Waals surface area contributed by atoms with Crippen molar-refractivity contribution in [2.45, 2.75) is 36.0 Å². The summed E-state index contributed by atoms with van der Waals surface area (Å²) in [5.41, 5.74) is 0.290. The molecular formula is C15H18N2O4S2. The Morgan fingerprint density at radius 1 is 1.43 bits per heavy atom. The van der Waals surface area contributed by atoms with Crippen LogP contribution in [0, 0.1) is 0 Å². The zero-order chi connectivity index (χ0) is 16.8. The van der Waals surface area contributed by atoms with Crippen LogP contribution in [-0.2, 0) is 14.6 Å². The molecule has 23 heavy (non-hydrogen) atoms. The summed E-state index contributed by atoms with van der Waals surface area (Å²) in [5.74, 6) is -0.363. The van der Waals surface area contributed by atoms with Gasteiger partial charge in [0.25, 0.3) is 5.91 Å². The van der Waals surface area contributed by atoms with Crippen LogP contribution in [-0.4, -0.2) is 42.5 Å². The maximum Gasteiger partial charge on any atom is 0.251 e. The van der Waals surface area contributed by atoms with Crippen LogP contribution in [0.4, 0.5) is 5.69 Å². The predicted octanol–water partition coefficient (Wildman–Crippen LogP) is 1.43. The van der Waals surface area contributed by atoms with Crippen LogP contribution in [0.3, 0.4) is 0 Å². The minimum Gasteiger partial charge on any atom is -0.346 e. The Bertz CT molecular complexity index is 791. The van der Waals surface area contributed by atoms with Crippen LogP contribution < -0.4 is 10.6 Å². The van der Waals surface area contributed by atoms with E-state index in [1.807, 2.05) is 6.92 Å². The number of sulfone groups is 1. The van der Waals surface area contributed by atoms with E-state index in [4.69, 9.17) is 0 Å². The summed E-state index contributed by atoms with van der Waals surface area (Å²) < 4.78 is 23.2. The molecule has 6 nitrogen and oxygen atoms in total. The monoisotopic (exact) mass is 354 g/mol. The van der Waals surface area contributed by atoms with Crippen molar-refractivity contribution in [3.8, 4) is 0 Å². The minimum atomic E-state index is -3.08. The summed E-state index contributed by atoms with van der Waals surface area (Å²) >= 11 is 1.45. The number of hydrogen-bond acceptors (Lipinski definition) is 5. The Labute approximate surface area is 139 Å². The van der Waals surface area contributed by atoms with Gasteiger partial charge in [0.2, 0.25) is 5.91 Å².